The molecule has 0 saturated carbocycles. The number of imide groups is 1. The van der Waals surface area contributed by atoms with Gasteiger partial charge in [0.15, 0.2) is 6.10 Å². The maximum absolute atomic E-state index is 12.6. The zero-order valence-electron chi connectivity index (χ0n) is 17.3. The van der Waals surface area contributed by atoms with E-state index in [1.54, 1.807) is 18.7 Å². The number of hydrogen-bond donors (Lipinski definition) is 1. The molecule has 1 aliphatic carbocycles. The van der Waals surface area contributed by atoms with Gasteiger partial charge in [-0.3, -0.25) is 24.0 Å². The second kappa shape index (κ2) is 7.81. The Balaban J connectivity index is 1.64. The van der Waals surface area contributed by atoms with E-state index in [4.69, 9.17) is 4.74 Å². The van der Waals surface area contributed by atoms with E-state index >= 15 is 0 Å². The largest absolute Gasteiger partial charge is 0.451 e. The van der Waals surface area contributed by atoms with Crippen molar-refractivity contribution in [2.45, 2.75) is 52.7 Å². The number of esters is 1. The molecule has 29 heavy (non-hydrogen) atoms. The van der Waals surface area contributed by atoms with Crippen LogP contribution in [0.4, 0.5) is 5.69 Å². The van der Waals surface area contributed by atoms with Gasteiger partial charge in [0.05, 0.1) is 28.9 Å². The van der Waals surface area contributed by atoms with Crippen molar-refractivity contribution >= 4 is 29.4 Å². The third-order valence-electron chi connectivity index (χ3n) is 5.69. The van der Waals surface area contributed by atoms with Crippen LogP contribution in [0.3, 0.4) is 0 Å². The van der Waals surface area contributed by atoms with Crippen LogP contribution in [-0.2, 0) is 31.0 Å². The molecule has 1 fully saturated rings. The molecule has 1 N–H and O–H groups in total. The highest BCUT2D eigenvalue weighted by Gasteiger charge is 2.50. The van der Waals surface area contributed by atoms with Crippen molar-refractivity contribution < 1.29 is 23.9 Å². The lowest BCUT2D eigenvalue weighted by atomic mass is 9.85. The van der Waals surface area contributed by atoms with Gasteiger partial charge in [-0.1, -0.05) is 12.2 Å². The molecule has 0 unspecified atom stereocenters. The van der Waals surface area contributed by atoms with E-state index in [-0.39, 0.29) is 11.8 Å². The van der Waals surface area contributed by atoms with Gasteiger partial charge < -0.3 is 10.1 Å². The number of nitrogens with one attached hydrogen (secondary N) is 1. The molecule has 1 aromatic rings. The highest BCUT2D eigenvalue weighted by atomic mass is 16.5. The van der Waals surface area contributed by atoms with Crippen molar-refractivity contribution in [1.29, 1.82) is 0 Å². The van der Waals surface area contributed by atoms with Gasteiger partial charge >= 0.3 is 5.97 Å². The number of nitrogens with zero attached hydrogens (tertiary/aromatic N) is 3. The Labute approximate surface area is 169 Å². The molecule has 2 heterocycles. The molecule has 0 bridgehead atoms. The fourth-order valence-corrected chi connectivity index (χ4v) is 3.82. The van der Waals surface area contributed by atoms with Crippen LogP contribution < -0.4 is 5.32 Å². The smallest absolute Gasteiger partial charge is 0.329 e. The fraction of sp³-hybridized carbons (Fsp3) is 0.550. The van der Waals surface area contributed by atoms with Gasteiger partial charge in [-0.15, -0.1) is 0 Å². The molecule has 3 amide bonds. The van der Waals surface area contributed by atoms with Gasteiger partial charge in [0.2, 0.25) is 11.8 Å². The zero-order valence-corrected chi connectivity index (χ0v) is 17.3. The third-order valence-corrected chi connectivity index (χ3v) is 5.69. The molecule has 1 aliphatic heterocycles. The SMILES string of the molecule is Cc1nn(C)c(C)c1NC(=O)[C@@H](C)OC(=O)[C@H](C)N1C(=O)[C@H]2CC=CC[C@@H]2C1=O. The number of allylic oxidation sites excluding steroid dienone is 2. The maximum atomic E-state index is 12.6. The molecule has 4 atom stereocenters. The number of amides is 3. The number of aromatic nitrogens is 2. The molecule has 0 radical (unpaired) electrons. The third kappa shape index (κ3) is 3.68. The summed E-state index contributed by atoms with van der Waals surface area (Å²) in [6, 6.07) is -1.09. The van der Waals surface area contributed by atoms with Crippen molar-refractivity contribution in [3.05, 3.63) is 23.5 Å². The average Bonchev–Trinajstić information content (AvgIpc) is 3.08. The van der Waals surface area contributed by atoms with Crippen LogP contribution in [0.25, 0.3) is 0 Å². The van der Waals surface area contributed by atoms with E-state index in [2.05, 4.69) is 10.4 Å². The van der Waals surface area contributed by atoms with Gasteiger partial charge in [0.1, 0.15) is 6.04 Å². The summed E-state index contributed by atoms with van der Waals surface area (Å²) in [5, 5.41) is 6.94. The van der Waals surface area contributed by atoms with Gasteiger partial charge in [-0.2, -0.15) is 5.10 Å². The summed E-state index contributed by atoms with van der Waals surface area (Å²) < 4.78 is 6.90. The second-order valence-corrected chi connectivity index (χ2v) is 7.62. The standard InChI is InChI=1S/C20H26N4O5/c1-10-16(11(2)23(5)22-10)21-17(25)13(4)29-20(28)12(3)24-18(26)14-8-6-7-9-15(14)19(24)27/h6-7,12-15H,8-9H2,1-5H3,(H,21,25)/t12-,13+,14-,15-/m0/s1. The first-order chi connectivity index (χ1) is 13.6. The number of fused-ring (bicyclic) bond motifs is 1. The molecule has 1 aromatic heterocycles. The lowest BCUT2D eigenvalue weighted by Gasteiger charge is -2.23. The number of aryl methyl sites for hydroxylation is 2. The van der Waals surface area contributed by atoms with Crippen LogP contribution in [0.15, 0.2) is 12.2 Å². The quantitative estimate of drug-likeness (QED) is 0.451. The van der Waals surface area contributed by atoms with Crippen LogP contribution in [0.2, 0.25) is 0 Å². The van der Waals surface area contributed by atoms with Crippen LogP contribution in [0.5, 0.6) is 0 Å². The predicted molar refractivity (Wildman–Crippen MR) is 104 cm³/mol. The Hall–Kier alpha value is -2.97. The summed E-state index contributed by atoms with van der Waals surface area (Å²) in [5.74, 6) is -2.85. The Morgan fingerprint density at radius 1 is 1.14 bits per heavy atom. The summed E-state index contributed by atoms with van der Waals surface area (Å²) >= 11 is 0. The number of carbonyl (C=O) groups excluding carboxylic acids is 4. The lowest BCUT2D eigenvalue weighted by molar-refractivity contribution is -0.163. The summed E-state index contributed by atoms with van der Waals surface area (Å²) in [4.78, 5) is 51.2. The monoisotopic (exact) mass is 402 g/mol. The molecule has 0 aromatic carbocycles. The highest BCUT2D eigenvalue weighted by molar-refractivity contribution is 6.08. The van der Waals surface area contributed by atoms with Gasteiger partial charge in [0.25, 0.3) is 5.91 Å². The van der Waals surface area contributed by atoms with Crippen molar-refractivity contribution in [3.8, 4) is 0 Å². The minimum Gasteiger partial charge on any atom is -0.451 e. The van der Waals surface area contributed by atoms with Gasteiger partial charge in [-0.05, 0) is 40.5 Å². The van der Waals surface area contributed by atoms with E-state index in [0.717, 1.165) is 10.6 Å². The molecule has 2 aliphatic rings. The highest BCUT2D eigenvalue weighted by Crippen LogP contribution is 2.36. The summed E-state index contributed by atoms with van der Waals surface area (Å²) in [7, 11) is 1.76. The number of carbonyl (C=O) groups is 4. The average molecular weight is 402 g/mol. The number of ether oxygens (including phenoxy) is 1. The van der Waals surface area contributed by atoms with Crippen LogP contribution in [0.1, 0.15) is 38.1 Å². The Morgan fingerprint density at radius 3 is 2.17 bits per heavy atom. The second-order valence-electron chi connectivity index (χ2n) is 7.62. The van der Waals surface area contributed by atoms with Crippen molar-refractivity contribution in [2.24, 2.45) is 18.9 Å². The zero-order chi connectivity index (χ0) is 21.5. The van der Waals surface area contributed by atoms with E-state index < -0.39 is 35.9 Å². The topological polar surface area (TPSA) is 111 Å². The molecular weight excluding hydrogens is 376 g/mol. The molecule has 1 saturated heterocycles. The maximum Gasteiger partial charge on any atom is 0.329 e. The van der Waals surface area contributed by atoms with E-state index in [1.807, 2.05) is 19.1 Å². The summed E-state index contributed by atoms with van der Waals surface area (Å²) in [6.07, 6.45) is 3.66. The normalized spacial score (nSPS) is 23.0. The van der Waals surface area contributed by atoms with E-state index in [9.17, 15) is 19.2 Å². The number of anilines is 1. The Kier molecular flexibility index (Phi) is 5.59. The minimum absolute atomic E-state index is 0.354. The van der Waals surface area contributed by atoms with E-state index in [1.165, 1.54) is 13.8 Å². The number of rotatable bonds is 5. The number of likely N-dealkylation sites (tertiary alicyclic amines) is 1. The van der Waals surface area contributed by atoms with Crippen molar-refractivity contribution in [1.82, 2.24) is 14.7 Å². The first kappa shape index (κ1) is 20.8. The first-order valence-electron chi connectivity index (χ1n) is 9.67. The predicted octanol–water partition coefficient (Wildman–Crippen LogP) is 1.25. The summed E-state index contributed by atoms with van der Waals surface area (Å²) in [5.41, 5.74) is 1.98. The first-order valence-corrected chi connectivity index (χ1v) is 9.67. The molecule has 3 rings (SSSR count). The van der Waals surface area contributed by atoms with Gasteiger partial charge in [-0.25, -0.2) is 4.79 Å². The number of hydrogen-bond acceptors (Lipinski definition) is 6. The van der Waals surface area contributed by atoms with Crippen LogP contribution >= 0.6 is 0 Å². The molecule has 156 valence electrons. The van der Waals surface area contributed by atoms with E-state index in [0.29, 0.717) is 24.2 Å². The van der Waals surface area contributed by atoms with Crippen molar-refractivity contribution in [3.63, 3.8) is 0 Å². The van der Waals surface area contributed by atoms with Gasteiger partial charge in [0, 0.05) is 7.05 Å². The van der Waals surface area contributed by atoms with Crippen LogP contribution in [0, 0.1) is 25.7 Å². The van der Waals surface area contributed by atoms with Crippen LogP contribution in [-0.4, -0.2) is 50.5 Å². The minimum atomic E-state index is -1.10. The lowest BCUT2D eigenvalue weighted by Crippen LogP contribution is -2.46. The Bertz CT molecular complexity index is 877. The summed E-state index contributed by atoms with van der Waals surface area (Å²) in [6.45, 7) is 6.47. The molecule has 0 spiro atoms. The molecule has 9 heteroatoms. The fourth-order valence-electron chi connectivity index (χ4n) is 3.82. The van der Waals surface area contributed by atoms with Crippen molar-refractivity contribution in [2.75, 3.05) is 5.32 Å². The Morgan fingerprint density at radius 2 is 1.69 bits per heavy atom. The molecular formula is C20H26N4O5. The molecule has 9 nitrogen and oxygen atoms in total.